The van der Waals surface area contributed by atoms with Gasteiger partial charge in [-0.3, -0.25) is 9.67 Å². The summed E-state index contributed by atoms with van der Waals surface area (Å²) in [5.41, 5.74) is 2.46. The SMILES string of the molecule is CC/C(B1OC(C)(C)C(C)(C)O1)=C(\B1OC(C)(C)C(C)(C)O1)c1cc2cnn(C(C)C)c2cc1OCc1ncccc1I. The van der Waals surface area contributed by atoms with Crippen molar-refractivity contribution >= 4 is 53.2 Å². The highest BCUT2D eigenvalue weighted by molar-refractivity contribution is 14.1. The Morgan fingerprint density at radius 1 is 0.930 bits per heavy atom. The van der Waals surface area contributed by atoms with Crippen molar-refractivity contribution < 1.29 is 23.4 Å². The zero-order chi connectivity index (χ0) is 31.5. The topological polar surface area (TPSA) is 76.9 Å². The minimum absolute atomic E-state index is 0.182. The molecule has 0 unspecified atom stereocenters. The van der Waals surface area contributed by atoms with Crippen LogP contribution in [0.2, 0.25) is 0 Å². The molecule has 230 valence electrons. The third-order valence-corrected chi connectivity index (χ3v) is 10.4. The van der Waals surface area contributed by atoms with E-state index in [2.05, 4.69) is 116 Å². The normalized spacial score (nSPS) is 21.1. The molecular formula is C32H44B2IN3O5. The molecule has 1 aromatic carbocycles. The first-order chi connectivity index (χ1) is 20.0. The number of fused-ring (bicyclic) bond motifs is 1. The van der Waals surface area contributed by atoms with Crippen molar-refractivity contribution in [1.82, 2.24) is 14.8 Å². The van der Waals surface area contributed by atoms with Crippen LogP contribution in [-0.4, -0.2) is 51.4 Å². The summed E-state index contributed by atoms with van der Waals surface area (Å²) in [6, 6.07) is 8.37. The van der Waals surface area contributed by atoms with Gasteiger partial charge >= 0.3 is 14.2 Å². The molecule has 0 aliphatic carbocycles. The maximum absolute atomic E-state index is 6.74. The van der Waals surface area contributed by atoms with Gasteiger partial charge in [-0.15, -0.1) is 0 Å². The molecule has 0 spiro atoms. The van der Waals surface area contributed by atoms with Crippen molar-refractivity contribution in [2.24, 2.45) is 0 Å². The molecule has 2 aromatic heterocycles. The monoisotopic (exact) mass is 699 g/mol. The average Bonchev–Trinajstić information content (AvgIpc) is 3.48. The standard InChI is InChI=1S/C32H44B2IN3O5/c1-12-23(33-40-29(4,5)30(6,7)41-33)28(34-42-31(8,9)32(10,11)43-34)22-16-21-18-37-38(20(2)3)26(21)17-27(22)39-19-25-24(35)14-13-15-36-25/h13-18,20H,12,19H2,1-11H3/b28-23+. The smallest absolute Gasteiger partial charge is 0.487 e. The van der Waals surface area contributed by atoms with Crippen LogP contribution in [-0.2, 0) is 25.2 Å². The fourth-order valence-corrected chi connectivity index (χ4v) is 5.87. The summed E-state index contributed by atoms with van der Waals surface area (Å²) < 4.78 is 36.5. The Morgan fingerprint density at radius 2 is 1.51 bits per heavy atom. The van der Waals surface area contributed by atoms with Gasteiger partial charge in [-0.25, -0.2) is 0 Å². The number of halogens is 1. The molecule has 11 heteroatoms. The molecule has 5 rings (SSSR count). The van der Waals surface area contributed by atoms with Crippen molar-refractivity contribution in [3.05, 3.63) is 57.0 Å². The van der Waals surface area contributed by atoms with Gasteiger partial charge in [-0.2, -0.15) is 5.10 Å². The number of hydrogen-bond acceptors (Lipinski definition) is 7. The van der Waals surface area contributed by atoms with E-state index in [0.717, 1.165) is 36.7 Å². The van der Waals surface area contributed by atoms with Crippen LogP contribution in [0.4, 0.5) is 0 Å². The Bertz CT molecular complexity index is 1520. The van der Waals surface area contributed by atoms with Gasteiger partial charge in [0.15, 0.2) is 0 Å². The maximum Gasteiger partial charge on any atom is 0.494 e. The summed E-state index contributed by atoms with van der Waals surface area (Å²) in [6.07, 6.45) is 4.37. The summed E-state index contributed by atoms with van der Waals surface area (Å²) in [7, 11) is -1.25. The molecule has 0 amide bonds. The van der Waals surface area contributed by atoms with E-state index in [1.807, 2.05) is 23.0 Å². The zero-order valence-corrected chi connectivity index (χ0v) is 29.5. The van der Waals surface area contributed by atoms with E-state index in [9.17, 15) is 0 Å². The van der Waals surface area contributed by atoms with Gasteiger partial charge in [0.1, 0.15) is 12.4 Å². The summed E-state index contributed by atoms with van der Waals surface area (Å²) in [5.74, 6) is 0.698. The highest BCUT2D eigenvalue weighted by atomic mass is 127. The summed E-state index contributed by atoms with van der Waals surface area (Å²) >= 11 is 2.30. The van der Waals surface area contributed by atoms with Crippen molar-refractivity contribution in [2.45, 2.75) is 118 Å². The van der Waals surface area contributed by atoms with Gasteiger partial charge in [-0.1, -0.05) is 6.92 Å². The van der Waals surface area contributed by atoms with Crippen LogP contribution in [0.15, 0.2) is 42.1 Å². The van der Waals surface area contributed by atoms with E-state index in [1.165, 1.54) is 0 Å². The van der Waals surface area contributed by atoms with E-state index in [1.54, 1.807) is 6.20 Å². The number of benzene rings is 1. The third kappa shape index (κ3) is 5.92. The van der Waals surface area contributed by atoms with Gasteiger partial charge in [0.2, 0.25) is 0 Å². The van der Waals surface area contributed by atoms with Crippen molar-refractivity contribution in [3.63, 3.8) is 0 Å². The number of hydrogen-bond donors (Lipinski definition) is 0. The van der Waals surface area contributed by atoms with Gasteiger partial charge in [0, 0.05) is 32.8 Å². The minimum atomic E-state index is -0.672. The van der Waals surface area contributed by atoms with Crippen LogP contribution in [0.1, 0.15) is 99.9 Å². The highest BCUT2D eigenvalue weighted by Crippen LogP contribution is 2.47. The van der Waals surface area contributed by atoms with E-state index < -0.39 is 36.6 Å². The molecule has 3 aromatic rings. The van der Waals surface area contributed by atoms with Crippen molar-refractivity contribution in [1.29, 1.82) is 0 Å². The summed E-state index contributed by atoms with van der Waals surface area (Å²) in [4.78, 5) is 4.58. The lowest BCUT2D eigenvalue weighted by atomic mass is 9.61. The zero-order valence-electron chi connectivity index (χ0n) is 27.4. The second-order valence-electron chi connectivity index (χ2n) is 13.8. The molecule has 0 saturated carbocycles. The van der Waals surface area contributed by atoms with E-state index in [-0.39, 0.29) is 6.04 Å². The number of ether oxygens (including phenoxy) is 1. The van der Waals surface area contributed by atoms with Gasteiger partial charge < -0.3 is 23.4 Å². The first-order valence-electron chi connectivity index (χ1n) is 15.2. The second-order valence-corrected chi connectivity index (χ2v) is 14.9. The Labute approximate surface area is 270 Å². The molecule has 0 bridgehead atoms. The van der Waals surface area contributed by atoms with E-state index in [4.69, 9.17) is 28.5 Å². The molecule has 2 aliphatic rings. The van der Waals surface area contributed by atoms with Crippen LogP contribution in [0.5, 0.6) is 5.75 Å². The van der Waals surface area contributed by atoms with Crippen molar-refractivity contribution in [2.75, 3.05) is 0 Å². The molecule has 2 fully saturated rings. The van der Waals surface area contributed by atoms with Gasteiger partial charge in [-0.05, 0) is 127 Å². The summed E-state index contributed by atoms with van der Waals surface area (Å²) in [6.45, 7) is 23.3. The maximum atomic E-state index is 6.74. The molecule has 0 atom stereocenters. The van der Waals surface area contributed by atoms with Crippen LogP contribution in [0.25, 0.3) is 16.4 Å². The quantitative estimate of drug-likeness (QED) is 0.177. The van der Waals surface area contributed by atoms with E-state index in [0.29, 0.717) is 18.8 Å². The number of nitrogens with zero attached hydrogens (tertiary/aromatic N) is 3. The Kier molecular flexibility index (Phi) is 8.66. The molecule has 0 N–H and O–H groups in total. The number of pyridine rings is 1. The van der Waals surface area contributed by atoms with Crippen molar-refractivity contribution in [3.8, 4) is 5.75 Å². The van der Waals surface area contributed by atoms with Crippen LogP contribution in [0.3, 0.4) is 0 Å². The van der Waals surface area contributed by atoms with Crippen LogP contribution >= 0.6 is 22.6 Å². The van der Waals surface area contributed by atoms with E-state index >= 15 is 0 Å². The predicted molar refractivity (Wildman–Crippen MR) is 181 cm³/mol. The fourth-order valence-electron chi connectivity index (χ4n) is 5.37. The van der Waals surface area contributed by atoms with Crippen LogP contribution < -0.4 is 4.74 Å². The Morgan fingerprint density at radius 3 is 2.05 bits per heavy atom. The van der Waals surface area contributed by atoms with Gasteiger partial charge in [0.25, 0.3) is 0 Å². The largest absolute Gasteiger partial charge is 0.494 e. The van der Waals surface area contributed by atoms with Gasteiger partial charge in [0.05, 0.1) is 39.8 Å². The second kappa shape index (κ2) is 11.5. The highest BCUT2D eigenvalue weighted by Gasteiger charge is 2.57. The molecule has 8 nitrogen and oxygen atoms in total. The summed E-state index contributed by atoms with van der Waals surface area (Å²) in [5, 5.41) is 5.71. The molecule has 0 radical (unpaired) electrons. The Hall–Kier alpha value is -1.92. The number of aromatic nitrogens is 3. The molecule has 2 saturated heterocycles. The molecule has 43 heavy (non-hydrogen) atoms. The Balaban J connectivity index is 1.74. The number of allylic oxidation sites excluding steroid dienone is 1. The molecule has 4 heterocycles. The minimum Gasteiger partial charge on any atom is -0.487 e. The molecular weight excluding hydrogens is 655 g/mol. The third-order valence-electron chi connectivity index (χ3n) is 9.43. The lowest BCUT2D eigenvalue weighted by molar-refractivity contribution is 0.00578. The van der Waals surface area contributed by atoms with Crippen LogP contribution in [0, 0.1) is 3.57 Å². The predicted octanol–water partition coefficient (Wildman–Crippen LogP) is 7.62. The lowest BCUT2D eigenvalue weighted by Gasteiger charge is -2.32. The number of rotatable bonds is 8. The first kappa shape index (κ1) is 32.5. The lowest BCUT2D eigenvalue weighted by Crippen LogP contribution is -2.41. The first-order valence-corrected chi connectivity index (χ1v) is 16.2. The fraction of sp³-hybridized carbons (Fsp3) is 0.562. The average molecular weight is 699 g/mol. The molecule has 2 aliphatic heterocycles.